The molecule has 0 aliphatic carbocycles. The van der Waals surface area contributed by atoms with E-state index in [0.29, 0.717) is 12.8 Å². The van der Waals surface area contributed by atoms with Gasteiger partial charge >= 0.3 is 0 Å². The molecule has 1 heterocycles. The number of benzene rings is 2. The summed E-state index contributed by atoms with van der Waals surface area (Å²) in [6.45, 7) is 2.21. The average molecular weight is 465 g/mol. The molecule has 1 aliphatic rings. The van der Waals surface area contributed by atoms with Crippen molar-refractivity contribution in [3.63, 3.8) is 0 Å². The zero-order valence-corrected chi connectivity index (χ0v) is 19.7. The number of hydrogen-bond donors (Lipinski definition) is 0. The van der Waals surface area contributed by atoms with Crippen LogP contribution in [0.15, 0.2) is 60.2 Å². The molecular weight excluding hydrogens is 435 g/mol. The van der Waals surface area contributed by atoms with Crippen molar-refractivity contribution in [2.24, 2.45) is 0 Å². The molecule has 0 unspecified atom stereocenters. The summed E-state index contributed by atoms with van der Waals surface area (Å²) >= 11 is 0. The van der Waals surface area contributed by atoms with Crippen molar-refractivity contribution in [1.82, 2.24) is 0 Å². The fourth-order valence-corrected chi connectivity index (χ4v) is 4.16. The minimum Gasteiger partial charge on any atom is -0.493 e. The predicted octanol–water partition coefficient (Wildman–Crippen LogP) is 7.20. The quantitative estimate of drug-likeness (QED) is 0.154. The first-order chi connectivity index (χ1) is 15.2. The monoisotopic (exact) mass is 464 g/mol. The third kappa shape index (κ3) is 5.88. The Bertz CT molecular complexity index is 1090. The van der Waals surface area contributed by atoms with Gasteiger partial charge in [0.05, 0.1) is 0 Å². The van der Waals surface area contributed by atoms with Crippen LogP contribution in [0.3, 0.4) is 0 Å². The van der Waals surface area contributed by atoms with Crippen molar-refractivity contribution in [3.8, 4) is 24.7 Å². The second-order valence-electron chi connectivity index (χ2n) is 7.89. The zero-order chi connectivity index (χ0) is 22.1. The number of unbranched alkanes of at least 4 members (excludes halogenated alkanes) is 2. The number of nitrogens with zero attached hydrogens (tertiary/aromatic N) is 2. The summed E-state index contributed by atoms with van der Waals surface area (Å²) in [7, 11) is 0. The van der Waals surface area contributed by atoms with Gasteiger partial charge < -0.3 is 5.53 Å². The molecule has 2 aromatic carbocycles. The summed E-state index contributed by atoms with van der Waals surface area (Å²) < 4.78 is 1.38. The van der Waals surface area contributed by atoms with Crippen LogP contribution in [0.2, 0.25) is 0 Å². The van der Waals surface area contributed by atoms with E-state index in [2.05, 4.69) is 49.1 Å². The van der Waals surface area contributed by atoms with Gasteiger partial charge in [-0.15, -0.1) is 24.7 Å². The SMILES string of the molecule is C#CCCc1ccccc1C1=CC(CCCCC)=C(c2ccccc2CCC#C)[N+]1=[N-].[Ni]. The zero-order valence-electron chi connectivity index (χ0n) is 18.7. The van der Waals surface area contributed by atoms with Crippen LogP contribution in [0.1, 0.15) is 67.7 Å². The maximum absolute atomic E-state index is 11.4. The average Bonchev–Trinajstić information content (AvgIpc) is 3.12. The normalized spacial score (nSPS) is 12.7. The van der Waals surface area contributed by atoms with Crippen LogP contribution in [0, 0.1) is 24.7 Å². The summed E-state index contributed by atoms with van der Waals surface area (Å²) in [4.78, 5) is 0. The van der Waals surface area contributed by atoms with Gasteiger partial charge in [-0.25, -0.2) is 4.70 Å². The predicted molar refractivity (Wildman–Crippen MR) is 130 cm³/mol. The molecule has 0 amide bonds. The van der Waals surface area contributed by atoms with Gasteiger partial charge in [-0.3, -0.25) is 0 Å². The largest absolute Gasteiger partial charge is 0.493 e. The van der Waals surface area contributed by atoms with Crippen molar-refractivity contribution in [2.75, 3.05) is 0 Å². The maximum Gasteiger partial charge on any atom is 0.211 e. The van der Waals surface area contributed by atoms with Crippen molar-refractivity contribution < 1.29 is 21.2 Å². The third-order valence-corrected chi connectivity index (χ3v) is 5.75. The smallest absolute Gasteiger partial charge is 0.211 e. The van der Waals surface area contributed by atoms with Crippen molar-refractivity contribution in [1.29, 1.82) is 0 Å². The molecule has 0 aromatic heterocycles. The van der Waals surface area contributed by atoms with E-state index in [1.54, 1.807) is 0 Å². The van der Waals surface area contributed by atoms with Crippen LogP contribution in [-0.4, -0.2) is 4.70 Å². The molecule has 0 bridgehead atoms. The van der Waals surface area contributed by atoms with Crippen LogP contribution in [0.25, 0.3) is 16.9 Å². The van der Waals surface area contributed by atoms with Crippen molar-refractivity contribution in [3.05, 3.63) is 88.0 Å². The first kappa shape index (κ1) is 25.4. The van der Waals surface area contributed by atoms with Gasteiger partial charge in [-0.1, -0.05) is 56.2 Å². The molecule has 0 radical (unpaired) electrons. The first-order valence-electron chi connectivity index (χ1n) is 11.2. The van der Waals surface area contributed by atoms with Gasteiger partial charge in [0.1, 0.15) is 0 Å². The Balaban J connectivity index is 0.00000363. The number of rotatable bonds is 10. The molecule has 2 aromatic rings. The van der Waals surface area contributed by atoms with Crippen molar-refractivity contribution in [2.45, 2.75) is 58.3 Å². The summed E-state index contributed by atoms with van der Waals surface area (Å²) in [6, 6.07) is 16.5. The Morgan fingerprint density at radius 3 is 1.97 bits per heavy atom. The van der Waals surface area contributed by atoms with E-state index in [1.807, 2.05) is 24.3 Å². The van der Waals surface area contributed by atoms with E-state index >= 15 is 0 Å². The summed E-state index contributed by atoms with van der Waals surface area (Å²) in [5.74, 6) is 5.47. The Morgan fingerprint density at radius 2 is 1.38 bits per heavy atom. The van der Waals surface area contributed by atoms with Gasteiger partial charge in [0.25, 0.3) is 0 Å². The molecule has 0 spiro atoms. The molecule has 0 atom stereocenters. The first-order valence-corrected chi connectivity index (χ1v) is 11.2. The van der Waals surface area contributed by atoms with E-state index in [9.17, 15) is 5.53 Å². The topological polar surface area (TPSA) is 25.3 Å². The van der Waals surface area contributed by atoms with Crippen LogP contribution in [-0.2, 0) is 29.3 Å². The minimum atomic E-state index is 0. The molecule has 166 valence electrons. The minimum absolute atomic E-state index is 0. The fraction of sp³-hybridized carbons (Fsp3) is 0.310. The Hall–Kier alpha value is -2.87. The number of terminal acetylenes is 2. The van der Waals surface area contributed by atoms with E-state index in [-0.39, 0.29) is 16.5 Å². The standard InChI is InChI=1S/C29H30N2.Ni/c1-4-7-10-19-25-22-28(26-20-13-11-17-23(26)15-8-5-2)31(30)29(25)27-21-14-12-18-24(27)16-9-6-3;/h2-3,11-14,17-18,20-22H,4,7-10,15-16,19H2,1H3;. The van der Waals surface area contributed by atoms with Crippen LogP contribution in [0.4, 0.5) is 0 Å². The summed E-state index contributed by atoms with van der Waals surface area (Å²) in [6.07, 6.45) is 20.5. The molecule has 0 saturated carbocycles. The molecule has 2 nitrogen and oxygen atoms in total. The van der Waals surface area contributed by atoms with E-state index in [1.165, 1.54) is 16.7 Å². The van der Waals surface area contributed by atoms with E-state index < -0.39 is 0 Å². The Morgan fingerprint density at radius 1 is 0.812 bits per heavy atom. The fourth-order valence-electron chi connectivity index (χ4n) is 4.16. The molecule has 0 N–H and O–H groups in total. The second-order valence-corrected chi connectivity index (χ2v) is 7.89. The van der Waals surface area contributed by atoms with E-state index in [0.717, 1.165) is 65.8 Å². The maximum atomic E-state index is 11.4. The summed E-state index contributed by atoms with van der Waals surface area (Å²) in [5, 5.41) is 0. The molecule has 0 fully saturated rings. The van der Waals surface area contributed by atoms with Gasteiger partial charge in [0, 0.05) is 52.1 Å². The summed E-state index contributed by atoms with van der Waals surface area (Å²) in [5.41, 5.74) is 18.7. The van der Waals surface area contributed by atoms with Crippen LogP contribution < -0.4 is 0 Å². The van der Waals surface area contributed by atoms with Crippen LogP contribution in [0.5, 0.6) is 0 Å². The Kier molecular flexibility index (Phi) is 10.2. The Labute approximate surface area is 203 Å². The van der Waals surface area contributed by atoms with Gasteiger partial charge in [0.2, 0.25) is 11.4 Å². The molecule has 0 saturated heterocycles. The molecule has 32 heavy (non-hydrogen) atoms. The van der Waals surface area contributed by atoms with Gasteiger partial charge in [0.15, 0.2) is 0 Å². The second kappa shape index (κ2) is 12.9. The number of aryl methyl sites for hydroxylation is 2. The molecule has 1 aliphatic heterocycles. The molecule has 3 rings (SSSR count). The van der Waals surface area contributed by atoms with Gasteiger partial charge in [-0.2, -0.15) is 0 Å². The van der Waals surface area contributed by atoms with Gasteiger partial charge in [-0.05, 0) is 48.9 Å². The van der Waals surface area contributed by atoms with Crippen molar-refractivity contribution >= 4 is 11.4 Å². The van der Waals surface area contributed by atoms with Crippen LogP contribution >= 0.6 is 0 Å². The number of hydrogen-bond acceptors (Lipinski definition) is 0. The third-order valence-electron chi connectivity index (χ3n) is 5.75. The number of allylic oxidation sites excluding steroid dienone is 2. The molecule has 3 heteroatoms. The molecular formula is C29H30N2Ni. The van der Waals surface area contributed by atoms with E-state index in [4.69, 9.17) is 12.8 Å².